The lowest BCUT2D eigenvalue weighted by molar-refractivity contribution is -0.138. The predicted molar refractivity (Wildman–Crippen MR) is 118 cm³/mol. The first-order chi connectivity index (χ1) is 14.8. The molecule has 0 fully saturated rings. The summed E-state index contributed by atoms with van der Waals surface area (Å²) in [6, 6.07) is 17.0. The Labute approximate surface area is 183 Å². The summed E-state index contributed by atoms with van der Waals surface area (Å²) >= 11 is 1.25. The molecule has 0 aliphatic carbocycles. The van der Waals surface area contributed by atoms with Crippen LogP contribution in [-0.4, -0.2) is 38.0 Å². The highest BCUT2D eigenvalue weighted by atomic mass is 32.2. The number of benzene rings is 2. The predicted octanol–water partition coefficient (Wildman–Crippen LogP) is 2.04. The zero-order chi connectivity index (χ0) is 22.4. The molecule has 3 aromatic rings. The standard InChI is InChI=1S/C21H21N3O5S2/c22-12-14-6-8-15(9-7-14)18-10-11-19(30-18)20(25)23-13-17(21(26)27)24-31(28,29)16-4-2-1-3-5-16/h1-11,17,24H,12-13,22H2,(H,23,25)(H,26,27). The molecule has 8 nitrogen and oxygen atoms in total. The summed E-state index contributed by atoms with van der Waals surface area (Å²) in [5.74, 6) is -1.88. The molecule has 0 bridgehead atoms. The number of hydrogen-bond donors (Lipinski definition) is 4. The number of thiophene rings is 1. The number of carbonyl (C=O) groups excluding carboxylic acids is 1. The maximum absolute atomic E-state index is 12.5. The normalized spacial score (nSPS) is 12.3. The van der Waals surface area contributed by atoms with Crippen LogP contribution in [0.3, 0.4) is 0 Å². The van der Waals surface area contributed by atoms with Gasteiger partial charge in [0, 0.05) is 18.0 Å². The minimum atomic E-state index is -4.04. The Morgan fingerprint density at radius 1 is 1.00 bits per heavy atom. The summed E-state index contributed by atoms with van der Waals surface area (Å²) in [6.45, 7) is 0.0375. The van der Waals surface area contributed by atoms with Gasteiger partial charge in [-0.15, -0.1) is 11.3 Å². The van der Waals surface area contributed by atoms with E-state index in [1.54, 1.807) is 18.2 Å². The third-order valence-electron chi connectivity index (χ3n) is 4.42. The number of amides is 1. The highest BCUT2D eigenvalue weighted by Gasteiger charge is 2.26. The number of nitrogens with one attached hydrogen (secondary N) is 2. The van der Waals surface area contributed by atoms with E-state index < -0.39 is 34.5 Å². The molecule has 2 aromatic carbocycles. The van der Waals surface area contributed by atoms with Gasteiger partial charge in [0.2, 0.25) is 10.0 Å². The van der Waals surface area contributed by atoms with Crippen molar-refractivity contribution in [3.63, 3.8) is 0 Å². The molecule has 1 amide bonds. The Hall–Kier alpha value is -3.05. The number of aliphatic carboxylic acids is 1. The van der Waals surface area contributed by atoms with Crippen molar-refractivity contribution in [3.8, 4) is 10.4 Å². The first-order valence-electron chi connectivity index (χ1n) is 9.28. The van der Waals surface area contributed by atoms with Gasteiger partial charge in [0.25, 0.3) is 5.91 Å². The van der Waals surface area contributed by atoms with Gasteiger partial charge in [0.1, 0.15) is 6.04 Å². The number of nitrogens with two attached hydrogens (primary N) is 1. The van der Waals surface area contributed by atoms with E-state index >= 15 is 0 Å². The molecule has 0 spiro atoms. The third-order valence-corrected chi connectivity index (χ3v) is 7.04. The zero-order valence-corrected chi connectivity index (χ0v) is 17.9. The molecule has 3 rings (SSSR count). The average Bonchev–Trinajstić information content (AvgIpc) is 3.27. The summed E-state index contributed by atoms with van der Waals surface area (Å²) in [6.07, 6.45) is 0. The molecule has 1 aromatic heterocycles. The van der Waals surface area contributed by atoms with Gasteiger partial charge in [-0.2, -0.15) is 4.72 Å². The van der Waals surface area contributed by atoms with E-state index in [2.05, 4.69) is 10.0 Å². The lowest BCUT2D eigenvalue weighted by atomic mass is 10.1. The lowest BCUT2D eigenvalue weighted by Gasteiger charge is -2.15. The number of carboxylic acid groups (broad SMARTS) is 1. The molecule has 0 aliphatic heterocycles. The molecule has 5 N–H and O–H groups in total. The van der Waals surface area contributed by atoms with Crippen molar-refractivity contribution < 1.29 is 23.1 Å². The Balaban J connectivity index is 1.65. The van der Waals surface area contributed by atoms with Crippen LogP contribution in [0, 0.1) is 0 Å². The van der Waals surface area contributed by atoms with Crippen LogP contribution in [0.15, 0.2) is 71.6 Å². The summed E-state index contributed by atoms with van der Waals surface area (Å²) < 4.78 is 26.9. The quantitative estimate of drug-likeness (QED) is 0.386. The Morgan fingerprint density at radius 3 is 2.29 bits per heavy atom. The van der Waals surface area contributed by atoms with Gasteiger partial charge in [-0.3, -0.25) is 9.59 Å². The number of sulfonamides is 1. The van der Waals surface area contributed by atoms with Crippen molar-refractivity contribution in [2.24, 2.45) is 5.73 Å². The molecule has 162 valence electrons. The highest BCUT2D eigenvalue weighted by Crippen LogP contribution is 2.28. The molecule has 0 saturated carbocycles. The van der Waals surface area contributed by atoms with Crippen LogP contribution < -0.4 is 15.8 Å². The van der Waals surface area contributed by atoms with E-state index in [0.29, 0.717) is 11.4 Å². The average molecular weight is 460 g/mol. The zero-order valence-electron chi connectivity index (χ0n) is 16.3. The summed E-state index contributed by atoms with van der Waals surface area (Å²) in [5.41, 5.74) is 7.52. The van der Waals surface area contributed by atoms with E-state index in [1.807, 2.05) is 24.3 Å². The Morgan fingerprint density at radius 2 is 1.68 bits per heavy atom. The minimum absolute atomic E-state index is 0.0591. The van der Waals surface area contributed by atoms with Gasteiger partial charge in [0.15, 0.2) is 0 Å². The minimum Gasteiger partial charge on any atom is -0.480 e. The maximum Gasteiger partial charge on any atom is 0.323 e. The monoisotopic (exact) mass is 459 g/mol. The molecule has 0 aliphatic rings. The number of hydrogen-bond acceptors (Lipinski definition) is 6. The third kappa shape index (κ3) is 5.76. The molecule has 1 unspecified atom stereocenters. The van der Waals surface area contributed by atoms with Gasteiger partial charge in [-0.05, 0) is 35.4 Å². The van der Waals surface area contributed by atoms with Gasteiger partial charge >= 0.3 is 5.97 Å². The van der Waals surface area contributed by atoms with Crippen LogP contribution in [0.5, 0.6) is 0 Å². The van der Waals surface area contributed by atoms with Gasteiger partial charge in [-0.1, -0.05) is 42.5 Å². The molecule has 0 radical (unpaired) electrons. The molecule has 1 atom stereocenters. The summed E-state index contributed by atoms with van der Waals surface area (Å²) in [7, 11) is -4.04. The van der Waals surface area contributed by atoms with Crippen LogP contribution in [0.25, 0.3) is 10.4 Å². The lowest BCUT2D eigenvalue weighted by Crippen LogP contribution is -2.48. The molecule has 10 heteroatoms. The second-order valence-corrected chi connectivity index (χ2v) is 9.40. The number of carboxylic acids is 1. The van der Waals surface area contributed by atoms with Crippen molar-refractivity contribution in [2.45, 2.75) is 17.5 Å². The first kappa shape index (κ1) is 22.6. The largest absolute Gasteiger partial charge is 0.480 e. The van der Waals surface area contributed by atoms with Crippen molar-refractivity contribution in [3.05, 3.63) is 77.2 Å². The fourth-order valence-electron chi connectivity index (χ4n) is 2.74. The fourth-order valence-corrected chi connectivity index (χ4v) is 4.87. The SMILES string of the molecule is NCc1ccc(-c2ccc(C(=O)NCC(NS(=O)(=O)c3ccccc3)C(=O)O)s2)cc1. The second-order valence-electron chi connectivity index (χ2n) is 6.60. The molecular weight excluding hydrogens is 438 g/mol. The number of rotatable bonds is 9. The van der Waals surface area contributed by atoms with E-state index in [4.69, 9.17) is 5.73 Å². The van der Waals surface area contributed by atoms with E-state index in [0.717, 1.165) is 16.0 Å². The molecule has 31 heavy (non-hydrogen) atoms. The smallest absolute Gasteiger partial charge is 0.323 e. The molecular formula is C21H21N3O5S2. The summed E-state index contributed by atoms with van der Waals surface area (Å²) in [4.78, 5) is 25.2. The van der Waals surface area contributed by atoms with Crippen molar-refractivity contribution in [1.29, 1.82) is 0 Å². The number of carbonyl (C=O) groups is 2. The first-order valence-corrected chi connectivity index (χ1v) is 11.6. The van der Waals surface area contributed by atoms with E-state index in [-0.39, 0.29) is 4.90 Å². The maximum atomic E-state index is 12.5. The van der Waals surface area contributed by atoms with Crippen molar-refractivity contribution in [2.75, 3.05) is 6.54 Å². The van der Waals surface area contributed by atoms with Crippen LogP contribution in [0.1, 0.15) is 15.2 Å². The van der Waals surface area contributed by atoms with E-state index in [9.17, 15) is 23.1 Å². The Bertz CT molecular complexity index is 1160. The molecule has 1 heterocycles. The Kier molecular flexibility index (Phi) is 7.18. The second kappa shape index (κ2) is 9.84. The van der Waals surface area contributed by atoms with Crippen LogP contribution in [0.4, 0.5) is 0 Å². The van der Waals surface area contributed by atoms with Crippen LogP contribution in [0.2, 0.25) is 0 Å². The van der Waals surface area contributed by atoms with Gasteiger partial charge < -0.3 is 16.2 Å². The highest BCUT2D eigenvalue weighted by molar-refractivity contribution is 7.89. The van der Waals surface area contributed by atoms with Crippen molar-refractivity contribution in [1.82, 2.24) is 10.0 Å². The van der Waals surface area contributed by atoms with Gasteiger partial charge in [-0.25, -0.2) is 8.42 Å². The van der Waals surface area contributed by atoms with Crippen LogP contribution >= 0.6 is 11.3 Å². The van der Waals surface area contributed by atoms with Gasteiger partial charge in [0.05, 0.1) is 9.77 Å². The van der Waals surface area contributed by atoms with Crippen LogP contribution in [-0.2, 0) is 21.4 Å². The van der Waals surface area contributed by atoms with E-state index in [1.165, 1.54) is 35.6 Å². The molecule has 0 saturated heterocycles. The van der Waals surface area contributed by atoms with Crippen molar-refractivity contribution >= 4 is 33.2 Å². The topological polar surface area (TPSA) is 139 Å². The fraction of sp³-hybridized carbons (Fsp3) is 0.143. The summed E-state index contributed by atoms with van der Waals surface area (Å²) in [5, 5.41) is 11.9.